The summed E-state index contributed by atoms with van der Waals surface area (Å²) in [6.07, 6.45) is 0.0286. The lowest BCUT2D eigenvalue weighted by atomic mass is 10.1. The Kier molecular flexibility index (Phi) is 5.89. The molecule has 0 saturated carbocycles. The van der Waals surface area contributed by atoms with E-state index in [4.69, 9.17) is 16.3 Å². The van der Waals surface area contributed by atoms with Gasteiger partial charge in [0.2, 0.25) is 0 Å². The second-order valence-electron chi connectivity index (χ2n) is 4.13. The van der Waals surface area contributed by atoms with Gasteiger partial charge in [-0.15, -0.1) is 0 Å². The third kappa shape index (κ3) is 4.60. The van der Waals surface area contributed by atoms with Crippen molar-refractivity contribution in [3.63, 3.8) is 0 Å². The van der Waals surface area contributed by atoms with E-state index in [9.17, 15) is 0 Å². The predicted molar refractivity (Wildman–Crippen MR) is 86.9 cm³/mol. The molecule has 0 aromatic heterocycles. The topological polar surface area (TPSA) is 9.23 Å². The molecule has 1 nitrogen and oxygen atoms in total. The van der Waals surface area contributed by atoms with E-state index in [0.717, 1.165) is 26.0 Å². The molecule has 0 aliphatic rings. The number of alkyl halides is 1. The Bertz CT molecular complexity index is 511. The summed E-state index contributed by atoms with van der Waals surface area (Å²) in [6.45, 7) is 0.589. The van der Waals surface area contributed by atoms with Gasteiger partial charge in [0.1, 0.15) is 0 Å². The highest BCUT2D eigenvalue weighted by molar-refractivity contribution is 9.10. The van der Waals surface area contributed by atoms with Crippen LogP contribution in [0.1, 0.15) is 17.2 Å². The molecule has 0 aliphatic heterocycles. The summed E-state index contributed by atoms with van der Waals surface area (Å²) in [4.78, 5) is 0. The largest absolute Gasteiger partial charge is 0.368 e. The average Bonchev–Trinajstić information content (AvgIpc) is 2.43. The minimum Gasteiger partial charge on any atom is -0.368 e. The van der Waals surface area contributed by atoms with Gasteiger partial charge in [0.25, 0.3) is 0 Å². The van der Waals surface area contributed by atoms with Crippen LogP contribution >= 0.6 is 43.5 Å². The maximum Gasteiger partial charge on any atom is 0.0926 e. The Morgan fingerprint density at radius 1 is 1.00 bits per heavy atom. The standard InChI is InChI=1S/C15H13Br2ClO/c16-9-15(12-3-7-14(18)8-4-12)19-10-11-1-5-13(17)6-2-11/h1-8,15H,9-10H2. The lowest BCUT2D eigenvalue weighted by Crippen LogP contribution is -2.05. The van der Waals surface area contributed by atoms with Crippen LogP contribution in [0.4, 0.5) is 0 Å². The van der Waals surface area contributed by atoms with E-state index in [1.165, 1.54) is 0 Å². The molecule has 2 aromatic rings. The molecule has 4 heteroatoms. The van der Waals surface area contributed by atoms with E-state index >= 15 is 0 Å². The van der Waals surface area contributed by atoms with Crippen molar-refractivity contribution in [2.24, 2.45) is 0 Å². The zero-order valence-corrected chi connectivity index (χ0v) is 14.1. The maximum atomic E-state index is 5.94. The average molecular weight is 405 g/mol. The van der Waals surface area contributed by atoms with Crippen LogP contribution in [0.5, 0.6) is 0 Å². The molecule has 0 saturated heterocycles. The zero-order chi connectivity index (χ0) is 13.7. The minimum absolute atomic E-state index is 0.0286. The second kappa shape index (κ2) is 7.44. The predicted octanol–water partition coefficient (Wildman–Crippen LogP) is 5.76. The van der Waals surface area contributed by atoms with Gasteiger partial charge in [0.15, 0.2) is 0 Å². The highest BCUT2D eigenvalue weighted by atomic mass is 79.9. The molecule has 0 heterocycles. The lowest BCUT2D eigenvalue weighted by molar-refractivity contribution is 0.0566. The number of hydrogen-bond acceptors (Lipinski definition) is 1. The molecule has 0 aliphatic carbocycles. The molecule has 1 atom stereocenters. The van der Waals surface area contributed by atoms with Crippen LogP contribution in [0, 0.1) is 0 Å². The summed E-state index contributed by atoms with van der Waals surface area (Å²) in [5.41, 5.74) is 2.28. The molecule has 0 radical (unpaired) electrons. The molecule has 0 N–H and O–H groups in total. The van der Waals surface area contributed by atoms with E-state index in [0.29, 0.717) is 6.61 Å². The summed E-state index contributed by atoms with van der Waals surface area (Å²) >= 11 is 12.8. The summed E-state index contributed by atoms with van der Waals surface area (Å²) in [7, 11) is 0. The molecule has 2 rings (SSSR count). The third-order valence-electron chi connectivity index (χ3n) is 2.75. The molecule has 0 fully saturated rings. The van der Waals surface area contributed by atoms with Crippen molar-refractivity contribution in [1.82, 2.24) is 0 Å². The first kappa shape index (κ1) is 15.0. The van der Waals surface area contributed by atoms with Gasteiger partial charge in [-0.25, -0.2) is 0 Å². The fourth-order valence-corrected chi connectivity index (χ4v) is 2.64. The quantitative estimate of drug-likeness (QED) is 0.576. The first-order valence-electron chi connectivity index (χ1n) is 5.86. The van der Waals surface area contributed by atoms with Gasteiger partial charge >= 0.3 is 0 Å². The normalized spacial score (nSPS) is 12.4. The van der Waals surface area contributed by atoms with E-state index in [1.807, 2.05) is 36.4 Å². The van der Waals surface area contributed by atoms with Crippen molar-refractivity contribution >= 4 is 43.5 Å². The highest BCUT2D eigenvalue weighted by Gasteiger charge is 2.10. The fraction of sp³-hybridized carbons (Fsp3) is 0.200. The smallest absolute Gasteiger partial charge is 0.0926 e. The number of ether oxygens (including phenoxy) is 1. The number of benzene rings is 2. The Labute approximate surface area is 135 Å². The van der Waals surface area contributed by atoms with Crippen LogP contribution < -0.4 is 0 Å². The SMILES string of the molecule is Clc1ccc(C(CBr)OCc2ccc(Br)cc2)cc1. The zero-order valence-electron chi connectivity index (χ0n) is 10.2. The van der Waals surface area contributed by atoms with Gasteiger partial charge in [0.05, 0.1) is 12.7 Å². The second-order valence-corrected chi connectivity index (χ2v) is 6.13. The third-order valence-corrected chi connectivity index (χ3v) is 4.12. The van der Waals surface area contributed by atoms with Crippen molar-refractivity contribution in [3.05, 3.63) is 69.2 Å². The fourth-order valence-electron chi connectivity index (χ4n) is 1.68. The van der Waals surface area contributed by atoms with E-state index in [1.54, 1.807) is 0 Å². The van der Waals surface area contributed by atoms with E-state index < -0.39 is 0 Å². The van der Waals surface area contributed by atoms with Crippen LogP contribution in [-0.2, 0) is 11.3 Å². The Hall–Kier alpha value is -0.350. The molecule has 0 amide bonds. The lowest BCUT2D eigenvalue weighted by Gasteiger charge is -2.16. The number of halogens is 3. The highest BCUT2D eigenvalue weighted by Crippen LogP contribution is 2.23. The monoisotopic (exact) mass is 402 g/mol. The van der Waals surface area contributed by atoms with Crippen molar-refractivity contribution < 1.29 is 4.74 Å². The van der Waals surface area contributed by atoms with Gasteiger partial charge in [-0.3, -0.25) is 0 Å². The van der Waals surface area contributed by atoms with Gasteiger partial charge in [-0.1, -0.05) is 67.7 Å². The molecule has 0 spiro atoms. The van der Waals surface area contributed by atoms with Crippen LogP contribution in [0.2, 0.25) is 5.02 Å². The molecule has 2 aromatic carbocycles. The van der Waals surface area contributed by atoms with Crippen molar-refractivity contribution in [3.8, 4) is 0 Å². The summed E-state index contributed by atoms with van der Waals surface area (Å²) in [5, 5.41) is 1.50. The van der Waals surface area contributed by atoms with Crippen molar-refractivity contribution in [2.75, 3.05) is 5.33 Å². The Balaban J connectivity index is 1.99. The molecule has 19 heavy (non-hydrogen) atoms. The Morgan fingerprint density at radius 3 is 2.21 bits per heavy atom. The summed E-state index contributed by atoms with van der Waals surface area (Å²) < 4.78 is 7.01. The van der Waals surface area contributed by atoms with Crippen LogP contribution in [0.25, 0.3) is 0 Å². The minimum atomic E-state index is 0.0286. The van der Waals surface area contributed by atoms with Crippen LogP contribution in [-0.4, -0.2) is 5.33 Å². The maximum absolute atomic E-state index is 5.94. The first-order chi connectivity index (χ1) is 9.19. The number of rotatable bonds is 5. The van der Waals surface area contributed by atoms with Crippen molar-refractivity contribution in [2.45, 2.75) is 12.7 Å². The molecule has 0 bridgehead atoms. The molecular weight excluding hydrogens is 391 g/mol. The van der Waals surface area contributed by atoms with Gasteiger partial charge in [0, 0.05) is 14.8 Å². The first-order valence-corrected chi connectivity index (χ1v) is 8.16. The van der Waals surface area contributed by atoms with E-state index in [-0.39, 0.29) is 6.10 Å². The molecule has 100 valence electrons. The summed E-state index contributed by atoms with van der Waals surface area (Å²) in [5.74, 6) is 0. The van der Waals surface area contributed by atoms with E-state index in [2.05, 4.69) is 44.0 Å². The molecular formula is C15H13Br2ClO. The van der Waals surface area contributed by atoms with Gasteiger partial charge in [-0.2, -0.15) is 0 Å². The van der Waals surface area contributed by atoms with Crippen molar-refractivity contribution in [1.29, 1.82) is 0 Å². The van der Waals surface area contributed by atoms with Crippen LogP contribution in [0.3, 0.4) is 0 Å². The van der Waals surface area contributed by atoms with Gasteiger partial charge in [-0.05, 0) is 35.4 Å². The molecule has 1 unspecified atom stereocenters. The number of hydrogen-bond donors (Lipinski definition) is 0. The summed E-state index contributed by atoms with van der Waals surface area (Å²) in [6, 6.07) is 15.9. The Morgan fingerprint density at radius 2 is 1.63 bits per heavy atom. The van der Waals surface area contributed by atoms with Gasteiger partial charge < -0.3 is 4.74 Å². The van der Waals surface area contributed by atoms with Crippen LogP contribution in [0.15, 0.2) is 53.0 Å².